The third-order valence-electron chi connectivity index (χ3n) is 2.08. The first-order valence-corrected chi connectivity index (χ1v) is 7.42. The minimum Gasteiger partial charge on any atom is -0.365 e. The van der Waals surface area contributed by atoms with E-state index in [-0.39, 0.29) is 7.43 Å². The average Bonchev–Trinajstić information content (AvgIpc) is 3.17. The molecule has 0 unspecified atom stereocenters. The van der Waals surface area contributed by atoms with E-state index < -0.39 is 0 Å². The van der Waals surface area contributed by atoms with Crippen LogP contribution in [0.15, 0.2) is 33.6 Å². The van der Waals surface area contributed by atoms with Crippen molar-refractivity contribution in [1.29, 1.82) is 0 Å². The van der Waals surface area contributed by atoms with Gasteiger partial charge in [-0.3, -0.25) is 0 Å². The second-order valence-corrected chi connectivity index (χ2v) is 4.15. The van der Waals surface area contributed by atoms with Gasteiger partial charge in [0.2, 0.25) is 0 Å². The van der Waals surface area contributed by atoms with Crippen LogP contribution in [0, 0.1) is 0 Å². The first kappa shape index (κ1) is 24.4. The third-order valence-corrected chi connectivity index (χ3v) is 2.08. The molecular formula is C17H34N2O2. The summed E-state index contributed by atoms with van der Waals surface area (Å²) < 4.78 is 9.47. The molecule has 0 atom stereocenters. The molecule has 124 valence electrons. The summed E-state index contributed by atoms with van der Waals surface area (Å²) in [5.41, 5.74) is 1.02. The highest BCUT2D eigenvalue weighted by Gasteiger charge is 2.00. The van der Waals surface area contributed by atoms with E-state index in [1.54, 1.807) is 12.5 Å². The molecule has 2 aromatic rings. The monoisotopic (exact) mass is 298 g/mol. The summed E-state index contributed by atoms with van der Waals surface area (Å²) in [6.45, 7) is 16.3. The summed E-state index contributed by atoms with van der Waals surface area (Å²) in [7, 11) is 0. The molecule has 0 aliphatic rings. The summed E-state index contributed by atoms with van der Waals surface area (Å²) in [5, 5.41) is 7.31. The number of hydrogen-bond donors (Lipinski definition) is 0. The molecule has 2 aromatic heterocycles. The van der Waals surface area contributed by atoms with Crippen LogP contribution >= 0.6 is 0 Å². The van der Waals surface area contributed by atoms with Gasteiger partial charge in [0.15, 0.2) is 0 Å². The predicted octanol–water partition coefficient (Wildman–Crippen LogP) is 6.28. The lowest BCUT2D eigenvalue weighted by Crippen LogP contribution is -1.83. The molecule has 4 nitrogen and oxygen atoms in total. The maximum absolute atomic E-state index is 4.84. The van der Waals surface area contributed by atoms with Crippen LogP contribution in [0.25, 0.3) is 0 Å². The summed E-state index contributed by atoms with van der Waals surface area (Å²) >= 11 is 0. The fraction of sp³-hybridized carbons (Fsp3) is 0.647. The zero-order chi connectivity index (χ0) is 16.0. The fourth-order valence-electron chi connectivity index (χ4n) is 1.04. The van der Waals surface area contributed by atoms with Crippen molar-refractivity contribution in [2.75, 3.05) is 0 Å². The highest BCUT2D eigenvalue weighted by Crippen LogP contribution is 2.11. The van der Waals surface area contributed by atoms with Gasteiger partial charge < -0.3 is 9.05 Å². The molecule has 2 rings (SSSR count). The molecule has 4 heteroatoms. The van der Waals surface area contributed by atoms with Crippen molar-refractivity contribution in [3.63, 3.8) is 0 Å². The molecule has 0 bridgehead atoms. The van der Waals surface area contributed by atoms with Gasteiger partial charge in [-0.2, -0.15) is 0 Å². The van der Waals surface area contributed by atoms with Crippen LogP contribution in [-0.4, -0.2) is 10.3 Å². The number of aromatic nitrogens is 2. The van der Waals surface area contributed by atoms with Crippen LogP contribution in [0.5, 0.6) is 0 Å². The molecule has 0 spiro atoms. The van der Waals surface area contributed by atoms with Crippen LogP contribution in [0.3, 0.4) is 0 Å². The van der Waals surface area contributed by atoms with E-state index in [9.17, 15) is 0 Å². The van der Waals surface area contributed by atoms with E-state index in [1.165, 1.54) is 0 Å². The van der Waals surface area contributed by atoms with Crippen molar-refractivity contribution in [3.8, 4) is 0 Å². The molecule has 0 saturated heterocycles. The van der Waals surface area contributed by atoms with Crippen LogP contribution in [0.2, 0.25) is 0 Å². The van der Waals surface area contributed by atoms with Crippen molar-refractivity contribution in [3.05, 3.63) is 36.0 Å². The van der Waals surface area contributed by atoms with E-state index in [2.05, 4.69) is 42.5 Å². The zero-order valence-electron chi connectivity index (χ0n) is 14.2. The van der Waals surface area contributed by atoms with Crippen molar-refractivity contribution >= 4 is 0 Å². The second kappa shape index (κ2) is 16.5. The number of rotatable bonds is 2. The first-order chi connectivity index (χ1) is 9.61. The largest absolute Gasteiger partial charge is 0.365 e. The minimum atomic E-state index is 0. The Balaban J connectivity index is -0.000000240. The van der Waals surface area contributed by atoms with E-state index in [0.717, 1.165) is 11.5 Å². The molecule has 0 saturated carbocycles. The number of hydrogen-bond acceptors (Lipinski definition) is 4. The summed E-state index contributed by atoms with van der Waals surface area (Å²) in [6, 6.07) is 3.76. The predicted molar refractivity (Wildman–Crippen MR) is 90.6 cm³/mol. The molecule has 21 heavy (non-hydrogen) atoms. The van der Waals surface area contributed by atoms with E-state index in [0.29, 0.717) is 11.8 Å². The molecule has 0 fully saturated rings. The minimum absolute atomic E-state index is 0. The van der Waals surface area contributed by atoms with Gasteiger partial charge in [-0.05, 0) is 5.92 Å². The Labute approximate surface area is 130 Å². The summed E-state index contributed by atoms with van der Waals surface area (Å²) in [5.74, 6) is 1.89. The van der Waals surface area contributed by atoms with Gasteiger partial charge in [-0.1, -0.05) is 73.1 Å². The van der Waals surface area contributed by atoms with Crippen LogP contribution in [-0.2, 0) is 0 Å². The lowest BCUT2D eigenvalue weighted by atomic mass is 10.1. The van der Waals surface area contributed by atoms with Gasteiger partial charge in [0, 0.05) is 18.1 Å². The van der Waals surface area contributed by atoms with E-state index >= 15 is 0 Å². The lowest BCUT2D eigenvalue weighted by molar-refractivity contribution is 0.371. The van der Waals surface area contributed by atoms with Gasteiger partial charge >= 0.3 is 0 Å². The van der Waals surface area contributed by atoms with Gasteiger partial charge in [0.05, 0.1) is 11.9 Å². The van der Waals surface area contributed by atoms with Crippen LogP contribution in [0.1, 0.15) is 86.1 Å². The average molecular weight is 298 g/mol. The Bertz CT molecular complexity index is 327. The molecule has 0 aliphatic heterocycles. The van der Waals surface area contributed by atoms with Gasteiger partial charge in [0.1, 0.15) is 12.0 Å². The zero-order valence-corrected chi connectivity index (χ0v) is 14.2. The Morgan fingerprint density at radius 2 is 1.48 bits per heavy atom. The first-order valence-electron chi connectivity index (χ1n) is 7.42. The molecule has 0 amide bonds. The molecule has 0 radical (unpaired) electrons. The van der Waals surface area contributed by atoms with Crippen LogP contribution in [0.4, 0.5) is 0 Å². The molecule has 0 N–H and O–H groups in total. The van der Waals surface area contributed by atoms with Crippen molar-refractivity contribution < 1.29 is 9.05 Å². The Morgan fingerprint density at radius 3 is 1.67 bits per heavy atom. The van der Waals surface area contributed by atoms with E-state index in [1.807, 2.05) is 39.8 Å². The smallest absolute Gasteiger partial charge is 0.139 e. The number of nitrogens with zero attached hydrogens (tertiary/aromatic N) is 2. The van der Waals surface area contributed by atoms with Gasteiger partial charge in [-0.15, -0.1) is 0 Å². The molecular weight excluding hydrogens is 264 g/mol. The molecule has 2 heterocycles. The quantitative estimate of drug-likeness (QED) is 0.654. The Morgan fingerprint density at radius 1 is 0.905 bits per heavy atom. The van der Waals surface area contributed by atoms with Crippen molar-refractivity contribution in [1.82, 2.24) is 10.3 Å². The summed E-state index contributed by atoms with van der Waals surface area (Å²) in [4.78, 5) is 0. The summed E-state index contributed by atoms with van der Waals surface area (Å²) in [6.07, 6.45) is 3.25. The lowest BCUT2D eigenvalue weighted by Gasteiger charge is -1.92. The SMILES string of the molecule is C.CC.CC.CC(C)c1ccno1.CC(C)c1ccon1. The molecule has 0 aliphatic carbocycles. The van der Waals surface area contributed by atoms with Crippen molar-refractivity contribution in [2.45, 2.75) is 74.7 Å². The Hall–Kier alpha value is -1.58. The van der Waals surface area contributed by atoms with E-state index in [4.69, 9.17) is 4.52 Å². The standard InChI is InChI=1S/2C6H9NO.2C2H6.CH4/c1-5(2)6-3-4-8-7-6;1-5(2)6-3-4-7-8-6;2*1-2;/h2*3-5H,1-2H3;2*1-2H3;1H4. The topological polar surface area (TPSA) is 52.1 Å². The fourth-order valence-corrected chi connectivity index (χ4v) is 1.04. The van der Waals surface area contributed by atoms with Gasteiger partial charge in [-0.25, -0.2) is 0 Å². The van der Waals surface area contributed by atoms with Crippen molar-refractivity contribution in [2.24, 2.45) is 0 Å². The molecule has 0 aromatic carbocycles. The second-order valence-electron chi connectivity index (χ2n) is 4.15. The third kappa shape index (κ3) is 11.9. The normalized spacial score (nSPS) is 8.48. The maximum Gasteiger partial charge on any atom is 0.139 e. The van der Waals surface area contributed by atoms with Crippen LogP contribution < -0.4 is 0 Å². The van der Waals surface area contributed by atoms with Gasteiger partial charge in [0.25, 0.3) is 0 Å². The highest BCUT2D eigenvalue weighted by molar-refractivity contribution is 5.00. The Kier molecular flexibility index (Phi) is 19.2. The maximum atomic E-state index is 4.84. The highest BCUT2D eigenvalue weighted by atomic mass is 16.5.